The topological polar surface area (TPSA) is 109 Å². The average molecular weight is 1040 g/mol. The van der Waals surface area contributed by atoms with E-state index >= 15 is 0 Å². The van der Waals surface area contributed by atoms with Crippen LogP contribution in [0.15, 0.2) is 36.4 Å². The number of rotatable bonds is 10. The molecule has 0 radical (unpaired) electrons. The molecule has 0 aromatic heterocycles. The van der Waals surface area contributed by atoms with Gasteiger partial charge >= 0.3 is 23.1 Å². The van der Waals surface area contributed by atoms with Gasteiger partial charge in [-0.25, -0.2) is 0 Å². The summed E-state index contributed by atoms with van der Waals surface area (Å²) in [5, 5.41) is 12.4. The van der Waals surface area contributed by atoms with E-state index in [0.717, 1.165) is 43.9 Å². The zero-order valence-electron chi connectivity index (χ0n) is 37.8. The van der Waals surface area contributed by atoms with Crippen molar-refractivity contribution in [1.29, 1.82) is 0 Å². The summed E-state index contributed by atoms with van der Waals surface area (Å²) in [4.78, 5) is 52.3. The minimum Gasteiger partial charge on any atom is -1.00 e. The number of carbonyl (C=O) groups is 3. The van der Waals surface area contributed by atoms with Crippen molar-refractivity contribution in [3.05, 3.63) is 75.0 Å². The number of hydrogen-bond donors (Lipinski definition) is 1. The summed E-state index contributed by atoms with van der Waals surface area (Å²) in [6.45, 7) is 15.6. The Labute approximate surface area is 427 Å². The molecular formula is C46H65BrCl4MgN6O6. The summed E-state index contributed by atoms with van der Waals surface area (Å²) in [6, 6.07) is 11.3. The molecule has 2 amide bonds. The van der Waals surface area contributed by atoms with Crippen LogP contribution in [0.1, 0.15) is 57.6 Å². The van der Waals surface area contributed by atoms with E-state index in [0.29, 0.717) is 92.1 Å². The molecule has 12 nitrogen and oxygen atoms in total. The van der Waals surface area contributed by atoms with Crippen molar-refractivity contribution >= 4 is 87.1 Å². The molecule has 2 aromatic carbocycles. The minimum atomic E-state index is -0.794. The Bertz CT molecular complexity index is 1870. The standard InChI is InChI=1S/C23H33Cl2N3O3.C22H29Cl2N3O3.CH3.BrH.Mg/c1-23(2,30)15-27-9-10-28(21(29)12-16-5-6-17(24)18(25)11-16)22-19(13-31-14-20(22)27)26-7-3-4-8-26;1-15(28)12-26-8-9-27(21(29)11-16-4-5-17(23)18(24)10-16)22-19(13-30-14-20(22)26)25-6-2-3-7-25;;;/h5-6,11,19-20,22,30H,3-4,7-10,12-15H2,1-2H3;4-5,10,19-20,22H,2-3,6-9,11-14H2,1H3;1H3;1H;/q;;-1;;+2/p-1/t2*19-,20+,22+;;;/m00.../s1. The molecule has 0 aliphatic carbocycles. The van der Waals surface area contributed by atoms with Gasteiger partial charge in [-0.05, 0) is 108 Å². The van der Waals surface area contributed by atoms with Crippen LogP contribution >= 0.6 is 46.4 Å². The smallest absolute Gasteiger partial charge is 1.00 e. The van der Waals surface area contributed by atoms with Crippen LogP contribution in [0.3, 0.4) is 0 Å². The van der Waals surface area contributed by atoms with Crippen molar-refractivity contribution < 1.29 is 45.9 Å². The van der Waals surface area contributed by atoms with Gasteiger partial charge in [-0.1, -0.05) is 58.5 Å². The molecule has 6 fully saturated rings. The van der Waals surface area contributed by atoms with Crippen molar-refractivity contribution in [3.63, 3.8) is 0 Å². The first-order valence-corrected chi connectivity index (χ1v) is 23.5. The minimum absolute atomic E-state index is 0. The van der Waals surface area contributed by atoms with Crippen LogP contribution in [-0.4, -0.2) is 209 Å². The molecule has 0 spiro atoms. The fourth-order valence-corrected chi connectivity index (χ4v) is 11.1. The van der Waals surface area contributed by atoms with Crippen molar-refractivity contribution in [2.45, 2.75) is 101 Å². The second kappa shape index (κ2) is 25.2. The third kappa shape index (κ3) is 13.9. The zero-order chi connectivity index (χ0) is 43.4. The summed E-state index contributed by atoms with van der Waals surface area (Å²) in [7, 11) is 0. The molecule has 6 atom stereocenters. The molecule has 2 aromatic rings. The van der Waals surface area contributed by atoms with Crippen LogP contribution in [0.2, 0.25) is 20.1 Å². The van der Waals surface area contributed by atoms with Crippen LogP contribution in [0, 0.1) is 7.43 Å². The van der Waals surface area contributed by atoms with Crippen molar-refractivity contribution in [2.24, 2.45) is 0 Å². The quantitative estimate of drug-likeness (QED) is 0.282. The van der Waals surface area contributed by atoms with E-state index in [2.05, 4.69) is 24.5 Å². The fourth-order valence-electron chi connectivity index (χ4n) is 10.5. The fraction of sp³-hybridized carbons (Fsp3) is 0.652. The molecule has 64 heavy (non-hydrogen) atoms. The number of piperazine rings is 2. The van der Waals surface area contributed by atoms with Gasteiger partial charge in [-0.2, -0.15) is 0 Å². The Morgan fingerprint density at radius 2 is 1.02 bits per heavy atom. The third-order valence-corrected chi connectivity index (χ3v) is 14.7. The molecule has 6 aliphatic heterocycles. The van der Waals surface area contributed by atoms with Crippen LogP contribution in [0.25, 0.3) is 0 Å². The number of β-amino-alcohol motifs (C(OH)–C–C–N with tert-alkyl or cyclic N) is 1. The van der Waals surface area contributed by atoms with E-state index < -0.39 is 5.60 Å². The van der Waals surface area contributed by atoms with Gasteiger partial charge in [0.1, 0.15) is 5.78 Å². The first-order valence-electron chi connectivity index (χ1n) is 22.0. The monoisotopic (exact) mass is 1040 g/mol. The molecule has 352 valence electrons. The second-order valence-electron chi connectivity index (χ2n) is 18.3. The van der Waals surface area contributed by atoms with Gasteiger partial charge in [0.05, 0.1) is 108 Å². The number of carbonyl (C=O) groups excluding carboxylic acids is 3. The molecule has 0 saturated carbocycles. The number of fused-ring (bicyclic) bond motifs is 2. The van der Waals surface area contributed by atoms with Crippen LogP contribution in [-0.2, 0) is 36.7 Å². The van der Waals surface area contributed by atoms with Crippen LogP contribution in [0.4, 0.5) is 0 Å². The number of ketones is 1. The molecular weight excluding hydrogens is 979 g/mol. The Morgan fingerprint density at radius 3 is 1.41 bits per heavy atom. The molecule has 6 heterocycles. The molecule has 6 saturated heterocycles. The van der Waals surface area contributed by atoms with E-state index in [1.807, 2.05) is 30.9 Å². The normalized spacial score (nSPS) is 26.6. The number of amides is 2. The van der Waals surface area contributed by atoms with Crippen molar-refractivity contribution in [1.82, 2.24) is 29.4 Å². The molecule has 18 heteroatoms. The zero-order valence-corrected chi connectivity index (χ0v) is 43.9. The Morgan fingerprint density at radius 1 is 0.625 bits per heavy atom. The maximum absolute atomic E-state index is 13.5. The number of nitrogens with zero attached hydrogens (tertiary/aromatic N) is 6. The van der Waals surface area contributed by atoms with Gasteiger partial charge in [0, 0.05) is 32.7 Å². The summed E-state index contributed by atoms with van der Waals surface area (Å²) in [5.41, 5.74) is 0.943. The van der Waals surface area contributed by atoms with Crippen LogP contribution < -0.4 is 17.0 Å². The van der Waals surface area contributed by atoms with Gasteiger partial charge < -0.3 is 48.8 Å². The number of benzene rings is 2. The molecule has 1 N–H and O–H groups in total. The van der Waals surface area contributed by atoms with Crippen LogP contribution in [0.5, 0.6) is 0 Å². The van der Waals surface area contributed by atoms with Crippen molar-refractivity contribution in [2.75, 3.05) is 91.9 Å². The first-order chi connectivity index (χ1) is 29.2. The average Bonchev–Trinajstić information content (AvgIpc) is 3.96. The number of likely N-dealkylation sites (tertiary alicyclic amines) is 2. The SMILES string of the molecule is CC(=O)CN1CCN(C(=O)Cc2ccc(Cl)c(Cl)c2)[C@H]2[C@H]1COC[C@@H]2N1CCCC1.CC(C)(O)CN1CCN(C(=O)Cc2ccc(Cl)c(Cl)c2)[C@H]2[C@H]1COC[C@@H]2N1CCCC1.[Br-].[CH3-].[Mg+2]. The van der Waals surface area contributed by atoms with E-state index in [9.17, 15) is 19.5 Å². The second-order valence-corrected chi connectivity index (χ2v) is 19.9. The number of aliphatic hydroxyl groups is 1. The Balaban J connectivity index is 0.000000268. The summed E-state index contributed by atoms with van der Waals surface area (Å²) in [5.74, 6) is 0.354. The number of halogens is 5. The molecule has 6 aliphatic rings. The van der Waals surface area contributed by atoms with Gasteiger partial charge in [0.15, 0.2) is 0 Å². The van der Waals surface area contributed by atoms with Crippen molar-refractivity contribution in [3.8, 4) is 0 Å². The summed E-state index contributed by atoms with van der Waals surface area (Å²) in [6.07, 6.45) is 5.35. The predicted octanol–water partition coefficient (Wildman–Crippen LogP) is 2.26. The first kappa shape index (κ1) is 55.8. The number of hydrogen-bond acceptors (Lipinski definition) is 10. The van der Waals surface area contributed by atoms with Gasteiger partial charge in [0.25, 0.3) is 0 Å². The number of Topliss-reactive ketones (excluding diaryl/α,β-unsaturated/α-hetero) is 1. The third-order valence-electron chi connectivity index (χ3n) is 13.2. The molecule has 0 bridgehead atoms. The molecule has 0 unspecified atom stereocenters. The van der Waals surface area contributed by atoms with E-state index in [-0.39, 0.29) is 101 Å². The maximum Gasteiger partial charge on any atom is 2.00 e. The summed E-state index contributed by atoms with van der Waals surface area (Å²) < 4.78 is 12.0. The molecule has 8 rings (SSSR count). The van der Waals surface area contributed by atoms with Gasteiger partial charge in [-0.3, -0.25) is 34.0 Å². The predicted molar refractivity (Wildman–Crippen MR) is 252 cm³/mol. The maximum atomic E-state index is 13.5. The Kier molecular flexibility index (Phi) is 21.9. The number of ether oxygens (including phenoxy) is 2. The van der Waals surface area contributed by atoms with Gasteiger partial charge in [-0.15, -0.1) is 0 Å². The summed E-state index contributed by atoms with van der Waals surface area (Å²) >= 11 is 24.4. The van der Waals surface area contributed by atoms with E-state index in [4.69, 9.17) is 55.9 Å². The van der Waals surface area contributed by atoms with E-state index in [1.54, 1.807) is 31.2 Å². The van der Waals surface area contributed by atoms with Gasteiger partial charge in [0.2, 0.25) is 11.8 Å². The largest absolute Gasteiger partial charge is 2.00 e. The Hall–Kier alpha value is -0.824. The van der Waals surface area contributed by atoms with E-state index in [1.165, 1.54) is 25.7 Å².